The maximum Gasteiger partial charge on any atom is 0.267 e. The van der Waals surface area contributed by atoms with E-state index in [-0.39, 0.29) is 16.8 Å². The third-order valence-electron chi connectivity index (χ3n) is 3.76. The summed E-state index contributed by atoms with van der Waals surface area (Å²) in [6.45, 7) is 0. The van der Waals surface area contributed by atoms with Crippen LogP contribution in [0.2, 0.25) is 0 Å². The van der Waals surface area contributed by atoms with E-state index in [1.165, 1.54) is 23.1 Å². The average molecular weight is 321 g/mol. The van der Waals surface area contributed by atoms with Crippen molar-refractivity contribution in [3.63, 3.8) is 0 Å². The van der Waals surface area contributed by atoms with Crippen LogP contribution in [-0.2, 0) is 9.59 Å². The molecule has 1 heterocycles. The molecule has 3 rings (SSSR count). The lowest BCUT2D eigenvalue weighted by Gasteiger charge is -2.08. The van der Waals surface area contributed by atoms with Gasteiger partial charge in [-0.2, -0.15) is 5.26 Å². The van der Waals surface area contributed by atoms with Gasteiger partial charge in [0.05, 0.1) is 16.9 Å². The van der Waals surface area contributed by atoms with Crippen molar-refractivity contribution < 1.29 is 14.0 Å². The number of rotatable bonds is 2. The summed E-state index contributed by atoms with van der Waals surface area (Å²) in [5, 5.41) is 11.7. The summed E-state index contributed by atoms with van der Waals surface area (Å²) in [7, 11) is 1.57. The molecular formula is C18H12FN3O2. The van der Waals surface area contributed by atoms with Crippen LogP contribution < -0.4 is 10.2 Å². The molecule has 0 bridgehead atoms. The second kappa shape index (κ2) is 5.97. The summed E-state index contributed by atoms with van der Waals surface area (Å²) >= 11 is 0. The molecule has 0 aliphatic carbocycles. The highest BCUT2D eigenvalue weighted by molar-refractivity contribution is 6.37. The second-order valence-corrected chi connectivity index (χ2v) is 5.18. The van der Waals surface area contributed by atoms with E-state index in [0.29, 0.717) is 11.3 Å². The molecule has 1 aliphatic rings. The van der Waals surface area contributed by atoms with Crippen LogP contribution in [0, 0.1) is 17.1 Å². The van der Waals surface area contributed by atoms with Crippen LogP contribution in [0.5, 0.6) is 0 Å². The fourth-order valence-corrected chi connectivity index (χ4v) is 2.58. The zero-order valence-corrected chi connectivity index (χ0v) is 12.7. The fraction of sp³-hybridized carbons (Fsp3) is 0.0556. The third kappa shape index (κ3) is 2.42. The Labute approximate surface area is 137 Å². The van der Waals surface area contributed by atoms with Crippen molar-refractivity contribution >= 4 is 28.8 Å². The lowest BCUT2D eigenvalue weighted by molar-refractivity contribution is -0.114. The zero-order chi connectivity index (χ0) is 17.3. The normalized spacial score (nSPS) is 14.9. The van der Waals surface area contributed by atoms with Gasteiger partial charge in [-0.3, -0.25) is 9.59 Å². The van der Waals surface area contributed by atoms with Gasteiger partial charge < -0.3 is 10.2 Å². The number of likely N-dealkylation sites (N-methyl/N-ethyl adjacent to an activating group) is 1. The highest BCUT2D eigenvalue weighted by atomic mass is 19.1. The van der Waals surface area contributed by atoms with Crippen LogP contribution in [-0.4, -0.2) is 18.9 Å². The van der Waals surface area contributed by atoms with Gasteiger partial charge in [-0.05, 0) is 18.2 Å². The summed E-state index contributed by atoms with van der Waals surface area (Å²) in [6, 6.07) is 14.3. The van der Waals surface area contributed by atoms with E-state index in [1.54, 1.807) is 43.4 Å². The SMILES string of the molecule is CN1C(=O)C(=C(C#N)C(=O)Nc2ccccc2F)c2ccccc21. The first kappa shape index (κ1) is 15.4. The van der Waals surface area contributed by atoms with Crippen LogP contribution >= 0.6 is 0 Å². The van der Waals surface area contributed by atoms with Crippen molar-refractivity contribution in [3.8, 4) is 6.07 Å². The topological polar surface area (TPSA) is 73.2 Å². The van der Waals surface area contributed by atoms with Gasteiger partial charge in [0, 0.05) is 12.6 Å². The van der Waals surface area contributed by atoms with Gasteiger partial charge in [0.1, 0.15) is 17.5 Å². The lowest BCUT2D eigenvalue weighted by Crippen LogP contribution is -2.23. The molecule has 1 aliphatic heterocycles. The molecule has 1 N–H and O–H groups in total. The summed E-state index contributed by atoms with van der Waals surface area (Å²) in [6.07, 6.45) is 0. The highest BCUT2D eigenvalue weighted by Crippen LogP contribution is 2.37. The second-order valence-electron chi connectivity index (χ2n) is 5.18. The van der Waals surface area contributed by atoms with E-state index in [9.17, 15) is 19.2 Å². The molecule has 24 heavy (non-hydrogen) atoms. The van der Waals surface area contributed by atoms with E-state index in [1.807, 2.05) is 0 Å². The highest BCUT2D eigenvalue weighted by Gasteiger charge is 2.34. The van der Waals surface area contributed by atoms with Crippen LogP contribution in [0.1, 0.15) is 5.56 Å². The largest absolute Gasteiger partial charge is 0.319 e. The van der Waals surface area contributed by atoms with E-state index in [0.717, 1.165) is 0 Å². The molecule has 0 spiro atoms. The van der Waals surface area contributed by atoms with E-state index in [2.05, 4.69) is 5.32 Å². The molecule has 0 saturated heterocycles. The predicted octanol–water partition coefficient (Wildman–Crippen LogP) is 2.72. The number of carbonyl (C=O) groups excluding carboxylic acids is 2. The molecule has 0 fully saturated rings. The van der Waals surface area contributed by atoms with Gasteiger partial charge in [-0.1, -0.05) is 30.3 Å². The minimum absolute atomic E-state index is 0.0180. The Balaban J connectivity index is 2.07. The Morgan fingerprint density at radius 3 is 2.54 bits per heavy atom. The van der Waals surface area contributed by atoms with Crippen molar-refractivity contribution in [1.82, 2.24) is 0 Å². The number of hydrogen-bond acceptors (Lipinski definition) is 3. The molecule has 0 radical (unpaired) electrons. The maximum atomic E-state index is 13.7. The zero-order valence-electron chi connectivity index (χ0n) is 12.7. The number of hydrogen-bond donors (Lipinski definition) is 1. The Bertz CT molecular complexity index is 928. The molecule has 0 saturated carbocycles. The molecule has 118 valence electrons. The smallest absolute Gasteiger partial charge is 0.267 e. The van der Waals surface area contributed by atoms with Crippen LogP contribution in [0.25, 0.3) is 5.57 Å². The Morgan fingerprint density at radius 1 is 1.17 bits per heavy atom. The number of nitrogens with one attached hydrogen (secondary N) is 1. The Morgan fingerprint density at radius 2 is 1.83 bits per heavy atom. The Hall–Kier alpha value is -3.46. The first-order valence-electron chi connectivity index (χ1n) is 7.12. The number of para-hydroxylation sites is 2. The molecule has 2 aromatic carbocycles. The van der Waals surface area contributed by atoms with Crippen molar-refractivity contribution in [2.45, 2.75) is 0 Å². The van der Waals surface area contributed by atoms with Gasteiger partial charge in [-0.25, -0.2) is 4.39 Å². The first-order chi connectivity index (χ1) is 11.5. The van der Waals surface area contributed by atoms with Crippen molar-refractivity contribution in [1.29, 1.82) is 5.26 Å². The average Bonchev–Trinajstić information content (AvgIpc) is 2.83. The standard InChI is InChI=1S/C18H12FN3O2/c1-22-15-9-5-2-6-11(15)16(18(22)24)12(10-20)17(23)21-14-8-4-3-7-13(14)19/h2-9H,1H3,(H,21,23). The summed E-state index contributed by atoms with van der Waals surface area (Å²) in [5.41, 5.74) is 0.738. The number of fused-ring (bicyclic) bond motifs is 1. The first-order valence-corrected chi connectivity index (χ1v) is 7.12. The number of benzene rings is 2. The number of halogens is 1. The quantitative estimate of drug-likeness (QED) is 0.683. The Kier molecular flexibility index (Phi) is 3.84. The van der Waals surface area contributed by atoms with E-state index < -0.39 is 17.6 Å². The van der Waals surface area contributed by atoms with E-state index >= 15 is 0 Å². The van der Waals surface area contributed by atoms with E-state index in [4.69, 9.17) is 0 Å². The van der Waals surface area contributed by atoms with Gasteiger partial charge >= 0.3 is 0 Å². The molecule has 6 heteroatoms. The number of anilines is 2. The van der Waals surface area contributed by atoms with Crippen LogP contribution in [0.15, 0.2) is 54.1 Å². The monoisotopic (exact) mass is 321 g/mol. The third-order valence-corrected chi connectivity index (χ3v) is 3.76. The molecular weight excluding hydrogens is 309 g/mol. The van der Waals surface area contributed by atoms with Gasteiger partial charge in [-0.15, -0.1) is 0 Å². The van der Waals surface area contributed by atoms with Gasteiger partial charge in [0.2, 0.25) is 0 Å². The molecule has 2 amide bonds. The summed E-state index contributed by atoms with van der Waals surface area (Å²) in [5.74, 6) is -1.89. The lowest BCUT2D eigenvalue weighted by atomic mass is 10.0. The number of carbonyl (C=O) groups is 2. The summed E-state index contributed by atoms with van der Waals surface area (Å²) < 4.78 is 13.7. The van der Waals surface area contributed by atoms with Crippen LogP contribution in [0.3, 0.4) is 0 Å². The molecule has 0 aromatic heterocycles. The number of nitrogens with zero attached hydrogens (tertiary/aromatic N) is 2. The van der Waals surface area contributed by atoms with Crippen molar-refractivity contribution in [2.24, 2.45) is 0 Å². The minimum Gasteiger partial charge on any atom is -0.319 e. The maximum absolute atomic E-state index is 13.7. The van der Waals surface area contributed by atoms with Crippen molar-refractivity contribution in [3.05, 3.63) is 65.5 Å². The summed E-state index contributed by atoms with van der Waals surface area (Å²) in [4.78, 5) is 26.2. The van der Waals surface area contributed by atoms with Gasteiger partial charge in [0.15, 0.2) is 0 Å². The molecule has 5 nitrogen and oxygen atoms in total. The molecule has 2 aromatic rings. The van der Waals surface area contributed by atoms with Crippen LogP contribution in [0.4, 0.5) is 15.8 Å². The predicted molar refractivity (Wildman–Crippen MR) is 87.4 cm³/mol. The fourth-order valence-electron chi connectivity index (χ4n) is 2.58. The number of amides is 2. The number of nitriles is 1. The van der Waals surface area contributed by atoms with Crippen molar-refractivity contribution in [2.75, 3.05) is 17.3 Å². The molecule has 0 atom stereocenters. The van der Waals surface area contributed by atoms with Gasteiger partial charge in [0.25, 0.3) is 11.8 Å². The minimum atomic E-state index is -0.823. The molecule has 0 unspecified atom stereocenters.